The van der Waals surface area contributed by atoms with E-state index in [0.717, 1.165) is 40.0 Å². The van der Waals surface area contributed by atoms with Crippen molar-refractivity contribution in [3.05, 3.63) is 100 Å². The van der Waals surface area contributed by atoms with Crippen LogP contribution in [0.15, 0.2) is 79.0 Å². The average molecular weight is 512 g/mol. The summed E-state index contributed by atoms with van der Waals surface area (Å²) in [5.74, 6) is 3.04. The number of hydrogen-bond acceptors (Lipinski definition) is 4. The number of aromatic amines is 1. The summed E-state index contributed by atoms with van der Waals surface area (Å²) in [6.45, 7) is 0.453. The fraction of sp³-hybridized carbons (Fsp3) is 0.267. The highest BCUT2D eigenvalue weighted by Crippen LogP contribution is 2.61. The van der Waals surface area contributed by atoms with Crippen molar-refractivity contribution in [3.8, 4) is 17.1 Å². The van der Waals surface area contributed by atoms with Crippen LogP contribution < -0.4 is 4.74 Å². The fourth-order valence-corrected chi connectivity index (χ4v) is 7.67. The molecule has 2 bridgehead atoms. The topological polar surface area (TPSA) is 50.8 Å². The van der Waals surface area contributed by atoms with Gasteiger partial charge in [0.25, 0.3) is 0 Å². The van der Waals surface area contributed by atoms with E-state index in [0.29, 0.717) is 17.7 Å². The summed E-state index contributed by atoms with van der Waals surface area (Å²) >= 11 is 7.96. The first-order valence-corrected chi connectivity index (χ1v) is 13.8. The van der Waals surface area contributed by atoms with Gasteiger partial charge >= 0.3 is 0 Å². The maximum atomic E-state index is 6.37. The molecule has 36 heavy (non-hydrogen) atoms. The highest BCUT2D eigenvalue weighted by molar-refractivity contribution is 7.18. The Balaban J connectivity index is 1.32. The van der Waals surface area contributed by atoms with Crippen LogP contribution >= 0.6 is 22.9 Å². The molecule has 2 saturated carbocycles. The molecule has 6 heteroatoms. The summed E-state index contributed by atoms with van der Waals surface area (Å²) in [7, 11) is 0. The van der Waals surface area contributed by atoms with Crippen molar-refractivity contribution in [1.29, 1.82) is 0 Å². The minimum Gasteiger partial charge on any atom is -0.486 e. The number of nitrogens with zero attached hydrogens (tertiary/aromatic N) is 2. The molecule has 0 spiro atoms. The maximum Gasteiger partial charge on any atom is 0.140 e. The minimum atomic E-state index is -0.0615. The van der Waals surface area contributed by atoms with Crippen LogP contribution in [0.1, 0.15) is 41.8 Å². The summed E-state index contributed by atoms with van der Waals surface area (Å²) in [5, 5.41) is 1.53. The van der Waals surface area contributed by atoms with Crippen molar-refractivity contribution >= 4 is 33.2 Å². The summed E-state index contributed by atoms with van der Waals surface area (Å²) in [6, 6.07) is 25.7. The Morgan fingerprint density at radius 3 is 2.64 bits per heavy atom. The quantitative estimate of drug-likeness (QED) is 0.251. The van der Waals surface area contributed by atoms with E-state index in [1.807, 2.05) is 6.07 Å². The molecule has 1 N–H and O–H groups in total. The molecule has 3 atom stereocenters. The third-order valence-corrected chi connectivity index (χ3v) is 9.31. The Hall–Kier alpha value is -3.15. The van der Waals surface area contributed by atoms with Gasteiger partial charge in [-0.15, -0.1) is 11.3 Å². The number of H-pyrrole nitrogens is 1. The second kappa shape index (κ2) is 8.75. The van der Waals surface area contributed by atoms with Crippen molar-refractivity contribution in [3.63, 3.8) is 0 Å². The molecule has 2 aliphatic rings. The smallest absolute Gasteiger partial charge is 0.140 e. The number of halogens is 1. The minimum absolute atomic E-state index is 0.0615. The predicted molar refractivity (Wildman–Crippen MR) is 146 cm³/mol. The van der Waals surface area contributed by atoms with E-state index >= 15 is 0 Å². The number of imidazole rings is 1. The predicted octanol–water partition coefficient (Wildman–Crippen LogP) is 8.02. The third-order valence-electron chi connectivity index (χ3n) is 8.11. The Bertz CT molecular complexity index is 1510. The number of benzene rings is 3. The van der Waals surface area contributed by atoms with E-state index in [2.05, 4.69) is 76.7 Å². The molecule has 7 rings (SSSR count). The number of ether oxygens (including phenoxy) is 1. The zero-order valence-corrected chi connectivity index (χ0v) is 21.4. The molecule has 2 aliphatic carbocycles. The molecule has 180 valence electrons. The molecule has 2 fully saturated rings. The number of nitrogens with one attached hydrogen (secondary N) is 1. The zero-order chi connectivity index (χ0) is 24.1. The van der Waals surface area contributed by atoms with Gasteiger partial charge in [0.1, 0.15) is 28.3 Å². The standard InChI is InChI=1S/C30H26ClN3OS/c31-27-17-32-29(34-27)23-13-12-22(35-18-28-33-25-8-4-5-9-26(25)36-28)15-24(23)30(20-6-2-1-3-7-20)16-19-10-11-21(30)14-19/h1-9,12-13,15,17,19,21H,10-11,14,16,18H2,(H,32,34). The molecular weight excluding hydrogens is 486 g/mol. The summed E-state index contributed by atoms with van der Waals surface area (Å²) in [6.07, 6.45) is 6.71. The lowest BCUT2D eigenvalue weighted by Crippen LogP contribution is -2.34. The van der Waals surface area contributed by atoms with Crippen LogP contribution in [0.2, 0.25) is 5.15 Å². The fourth-order valence-electron chi connectivity index (χ4n) is 6.66. The molecule has 2 heterocycles. The Labute approximate surface area is 219 Å². The van der Waals surface area contributed by atoms with E-state index in [4.69, 9.17) is 21.3 Å². The average Bonchev–Trinajstić information content (AvgIpc) is 3.71. The van der Waals surface area contributed by atoms with Gasteiger partial charge in [-0.2, -0.15) is 0 Å². The lowest BCUT2D eigenvalue weighted by molar-refractivity contribution is 0.299. The molecule has 2 aromatic heterocycles. The summed E-state index contributed by atoms with van der Waals surface area (Å²) in [5.41, 5.74) is 4.74. The van der Waals surface area contributed by atoms with Gasteiger partial charge < -0.3 is 9.72 Å². The van der Waals surface area contributed by atoms with E-state index in [9.17, 15) is 0 Å². The van der Waals surface area contributed by atoms with Crippen molar-refractivity contribution in [2.45, 2.75) is 37.7 Å². The molecule has 4 nitrogen and oxygen atoms in total. The van der Waals surface area contributed by atoms with Gasteiger partial charge in [-0.25, -0.2) is 9.97 Å². The van der Waals surface area contributed by atoms with Crippen LogP contribution in [0.3, 0.4) is 0 Å². The number of fused-ring (bicyclic) bond motifs is 3. The molecule has 0 aliphatic heterocycles. The first-order chi connectivity index (χ1) is 17.7. The number of aromatic nitrogens is 3. The van der Waals surface area contributed by atoms with Crippen molar-refractivity contribution < 1.29 is 4.74 Å². The second-order valence-corrected chi connectivity index (χ2v) is 11.6. The number of hydrogen-bond donors (Lipinski definition) is 1. The van der Waals surface area contributed by atoms with Gasteiger partial charge in [0.15, 0.2) is 0 Å². The second-order valence-electron chi connectivity index (χ2n) is 10.1. The van der Waals surface area contributed by atoms with Crippen LogP contribution in [0.25, 0.3) is 21.6 Å². The van der Waals surface area contributed by atoms with Gasteiger partial charge in [-0.05, 0) is 72.6 Å². The molecule has 0 radical (unpaired) electrons. The molecule has 0 saturated heterocycles. The first kappa shape index (κ1) is 22.1. The van der Waals surface area contributed by atoms with Crippen LogP contribution in [0.5, 0.6) is 5.75 Å². The monoisotopic (exact) mass is 511 g/mol. The lowest BCUT2D eigenvalue weighted by atomic mass is 9.63. The number of para-hydroxylation sites is 1. The van der Waals surface area contributed by atoms with Crippen molar-refractivity contribution in [2.24, 2.45) is 11.8 Å². The normalized spacial score (nSPS) is 22.9. The number of rotatable bonds is 6. The Kier molecular flexibility index (Phi) is 5.37. The number of thiazole rings is 1. The van der Waals surface area contributed by atoms with Crippen LogP contribution in [-0.4, -0.2) is 15.0 Å². The Morgan fingerprint density at radius 2 is 1.89 bits per heavy atom. The van der Waals surface area contributed by atoms with E-state index in [1.165, 1.54) is 35.1 Å². The van der Waals surface area contributed by atoms with Crippen LogP contribution in [0, 0.1) is 11.8 Å². The molecule has 0 amide bonds. The first-order valence-electron chi connectivity index (χ1n) is 12.6. The lowest BCUT2D eigenvalue weighted by Gasteiger charge is -2.40. The SMILES string of the molecule is Clc1cnc(-c2ccc(OCc3nc4ccccc4s3)cc2C2(c3ccccc3)CC3CCC2C3)[nH]1. The van der Waals surface area contributed by atoms with Crippen molar-refractivity contribution in [2.75, 3.05) is 0 Å². The zero-order valence-electron chi connectivity index (χ0n) is 19.8. The molecule has 3 aromatic carbocycles. The Morgan fingerprint density at radius 1 is 1.03 bits per heavy atom. The van der Waals surface area contributed by atoms with Gasteiger partial charge in [-0.3, -0.25) is 0 Å². The van der Waals surface area contributed by atoms with Gasteiger partial charge in [0, 0.05) is 11.0 Å². The molecular formula is C30H26ClN3OS. The van der Waals surface area contributed by atoms with Gasteiger partial charge in [-0.1, -0.05) is 60.5 Å². The van der Waals surface area contributed by atoms with E-state index in [1.54, 1.807) is 17.5 Å². The van der Waals surface area contributed by atoms with Crippen LogP contribution in [-0.2, 0) is 12.0 Å². The molecule has 5 aromatic rings. The van der Waals surface area contributed by atoms with Gasteiger partial charge in [0.2, 0.25) is 0 Å². The largest absolute Gasteiger partial charge is 0.486 e. The van der Waals surface area contributed by atoms with Gasteiger partial charge in [0.05, 0.1) is 16.4 Å². The third kappa shape index (κ3) is 3.64. The van der Waals surface area contributed by atoms with E-state index < -0.39 is 0 Å². The highest BCUT2D eigenvalue weighted by Gasteiger charge is 2.53. The summed E-state index contributed by atoms with van der Waals surface area (Å²) in [4.78, 5) is 12.6. The van der Waals surface area contributed by atoms with Crippen molar-refractivity contribution in [1.82, 2.24) is 15.0 Å². The van der Waals surface area contributed by atoms with E-state index in [-0.39, 0.29) is 5.41 Å². The van der Waals surface area contributed by atoms with Crippen LogP contribution in [0.4, 0.5) is 0 Å². The maximum absolute atomic E-state index is 6.37. The summed E-state index contributed by atoms with van der Waals surface area (Å²) < 4.78 is 7.56. The molecule has 3 unspecified atom stereocenters. The highest BCUT2D eigenvalue weighted by atomic mass is 35.5.